The minimum Gasteiger partial charge on any atom is -0.497 e. The summed E-state index contributed by atoms with van der Waals surface area (Å²) in [5.74, 6) is 0.681. The molecule has 1 aliphatic rings. The second-order valence-electron chi connectivity index (χ2n) is 20.6. The summed E-state index contributed by atoms with van der Waals surface area (Å²) < 4.78 is 5.70. The molecule has 0 amide bonds. The van der Waals surface area contributed by atoms with Crippen LogP contribution in [0.25, 0.3) is 28.0 Å². The Morgan fingerprint density at radius 3 is 1.32 bits per heavy atom. The number of H-pyrrole nitrogens is 1. The van der Waals surface area contributed by atoms with Crippen LogP contribution in [-0.2, 0) is 21.7 Å². The van der Waals surface area contributed by atoms with E-state index >= 15 is 0 Å². The summed E-state index contributed by atoms with van der Waals surface area (Å²) in [5.41, 5.74) is 16.9. The third-order valence-electron chi connectivity index (χ3n) is 12.1. The Bertz CT molecular complexity index is 2450. The topological polar surface area (TPSA) is 37.4 Å². The van der Waals surface area contributed by atoms with Crippen molar-refractivity contribution in [2.75, 3.05) is 7.11 Å². The number of aliphatic imine (C=N–C) groups is 1. The molecule has 0 spiro atoms. The lowest BCUT2D eigenvalue weighted by atomic mass is 9.80. The van der Waals surface area contributed by atoms with Gasteiger partial charge in [0.1, 0.15) is 5.75 Å². The molecule has 0 bridgehead atoms. The van der Waals surface area contributed by atoms with Crippen molar-refractivity contribution in [2.45, 2.75) is 117 Å². The van der Waals surface area contributed by atoms with E-state index in [0.29, 0.717) is 0 Å². The van der Waals surface area contributed by atoms with Crippen LogP contribution in [0.15, 0.2) is 138 Å². The summed E-state index contributed by atoms with van der Waals surface area (Å²) >= 11 is 0. The lowest BCUT2D eigenvalue weighted by molar-refractivity contribution is 0.414. The molecule has 0 saturated heterocycles. The van der Waals surface area contributed by atoms with Crippen molar-refractivity contribution >= 4 is 11.3 Å². The van der Waals surface area contributed by atoms with Crippen molar-refractivity contribution in [1.29, 1.82) is 0 Å². The fourth-order valence-electron chi connectivity index (χ4n) is 8.19. The molecule has 1 aromatic heterocycles. The molecule has 304 valence electrons. The first-order valence-electron chi connectivity index (χ1n) is 21.3. The highest BCUT2D eigenvalue weighted by Crippen LogP contribution is 2.46. The van der Waals surface area contributed by atoms with E-state index < -0.39 is 0 Å². The zero-order valence-electron chi connectivity index (χ0n) is 37.7. The standard InChI is InChI=1S/C56H64N2O/c1-53(2,3)41-24-14-36(15-25-41)46-34-48(38-18-28-43(29-19-38)55(7,8)9)57-51(46)50(40-22-32-45(59-13)33-23-40)52-47(37-16-26-42(27-17-37)54(4,5)6)35-49(58-52)39-20-30-44(31-21-39)56(10,11)12/h14-35,50-51,58H,1-13H3. The molecule has 0 aliphatic carbocycles. The summed E-state index contributed by atoms with van der Waals surface area (Å²) in [7, 11) is 1.73. The molecule has 1 aliphatic heterocycles. The molecule has 0 saturated carbocycles. The average Bonchev–Trinajstić information content (AvgIpc) is 3.83. The number of allylic oxidation sites excluding steroid dienone is 1. The zero-order valence-corrected chi connectivity index (χ0v) is 37.7. The zero-order chi connectivity index (χ0) is 42.5. The monoisotopic (exact) mass is 781 g/mol. The summed E-state index contributed by atoms with van der Waals surface area (Å²) in [6.07, 6.45) is 2.34. The van der Waals surface area contributed by atoms with Crippen LogP contribution >= 0.6 is 0 Å². The Balaban J connectivity index is 1.47. The number of ether oxygens (including phenoxy) is 1. The van der Waals surface area contributed by atoms with E-state index in [1.165, 1.54) is 50.1 Å². The lowest BCUT2D eigenvalue weighted by Crippen LogP contribution is -2.20. The van der Waals surface area contributed by atoms with E-state index in [1.54, 1.807) is 7.11 Å². The normalized spacial score (nSPS) is 15.5. The van der Waals surface area contributed by atoms with Gasteiger partial charge in [-0.3, -0.25) is 4.99 Å². The Morgan fingerprint density at radius 2 is 0.898 bits per heavy atom. The number of methoxy groups -OCH3 is 1. The van der Waals surface area contributed by atoms with Gasteiger partial charge in [-0.1, -0.05) is 192 Å². The molecule has 0 fully saturated rings. The molecule has 6 aromatic rings. The largest absolute Gasteiger partial charge is 0.497 e. The molecule has 0 radical (unpaired) electrons. The Labute approximate surface area is 354 Å². The van der Waals surface area contributed by atoms with Gasteiger partial charge in [-0.05, 0) is 102 Å². The van der Waals surface area contributed by atoms with Crippen molar-refractivity contribution in [3.05, 3.63) is 178 Å². The quantitative estimate of drug-likeness (QED) is 0.164. The van der Waals surface area contributed by atoms with Crippen LogP contribution in [-0.4, -0.2) is 23.8 Å². The molecule has 3 heteroatoms. The van der Waals surface area contributed by atoms with Crippen LogP contribution in [0.3, 0.4) is 0 Å². The third kappa shape index (κ3) is 8.96. The molecule has 1 N–H and O–H groups in total. The highest BCUT2D eigenvalue weighted by molar-refractivity contribution is 6.15. The Morgan fingerprint density at radius 1 is 0.492 bits per heavy atom. The number of aromatic amines is 1. The van der Waals surface area contributed by atoms with Crippen molar-refractivity contribution in [2.24, 2.45) is 4.99 Å². The SMILES string of the molecule is COc1ccc(C(c2[nH]c(-c3ccc(C(C)(C)C)cc3)cc2-c2ccc(C(C)(C)C)cc2)C2N=C(c3ccc(C(C)(C)C)cc3)C=C2c2ccc(C(C)(C)C)cc2)cc1. The van der Waals surface area contributed by atoms with Crippen LogP contribution < -0.4 is 4.74 Å². The van der Waals surface area contributed by atoms with E-state index in [-0.39, 0.29) is 33.6 Å². The third-order valence-corrected chi connectivity index (χ3v) is 12.1. The summed E-state index contributed by atoms with van der Waals surface area (Å²) in [6.45, 7) is 27.3. The van der Waals surface area contributed by atoms with Gasteiger partial charge in [0.05, 0.1) is 24.8 Å². The second-order valence-corrected chi connectivity index (χ2v) is 20.6. The van der Waals surface area contributed by atoms with Crippen LogP contribution in [0.1, 0.15) is 134 Å². The molecule has 2 unspecified atom stereocenters. The molecule has 7 rings (SSSR count). The molecule has 5 aromatic carbocycles. The van der Waals surface area contributed by atoms with Crippen LogP contribution in [0.5, 0.6) is 5.75 Å². The minimum absolute atomic E-state index is 0.0489. The molecule has 3 nitrogen and oxygen atoms in total. The van der Waals surface area contributed by atoms with Gasteiger partial charge in [-0.2, -0.15) is 0 Å². The first-order valence-corrected chi connectivity index (χ1v) is 21.3. The van der Waals surface area contributed by atoms with Crippen molar-refractivity contribution in [3.63, 3.8) is 0 Å². The summed E-state index contributed by atoms with van der Waals surface area (Å²) in [6, 6.07) is 47.2. The molecule has 2 atom stereocenters. The van der Waals surface area contributed by atoms with Crippen molar-refractivity contribution < 1.29 is 4.74 Å². The summed E-state index contributed by atoms with van der Waals surface area (Å²) in [4.78, 5) is 9.81. The maximum atomic E-state index is 5.75. The molecule has 59 heavy (non-hydrogen) atoms. The van der Waals surface area contributed by atoms with Crippen LogP contribution in [0.2, 0.25) is 0 Å². The van der Waals surface area contributed by atoms with Crippen LogP contribution in [0, 0.1) is 0 Å². The number of rotatable bonds is 8. The predicted molar refractivity (Wildman–Crippen MR) is 252 cm³/mol. The predicted octanol–water partition coefficient (Wildman–Crippen LogP) is 14.6. The van der Waals surface area contributed by atoms with Gasteiger partial charge >= 0.3 is 0 Å². The van der Waals surface area contributed by atoms with Crippen molar-refractivity contribution in [1.82, 2.24) is 4.98 Å². The van der Waals surface area contributed by atoms with Gasteiger partial charge in [-0.15, -0.1) is 0 Å². The van der Waals surface area contributed by atoms with E-state index in [0.717, 1.165) is 34.0 Å². The summed E-state index contributed by atoms with van der Waals surface area (Å²) in [5, 5.41) is 0. The van der Waals surface area contributed by atoms with Gasteiger partial charge in [0.15, 0.2) is 0 Å². The smallest absolute Gasteiger partial charge is 0.118 e. The Hall–Kier alpha value is -5.41. The first-order chi connectivity index (χ1) is 27.7. The number of aromatic nitrogens is 1. The van der Waals surface area contributed by atoms with E-state index in [9.17, 15) is 0 Å². The van der Waals surface area contributed by atoms with Gasteiger partial charge in [-0.25, -0.2) is 0 Å². The maximum absolute atomic E-state index is 5.75. The number of benzene rings is 5. The van der Waals surface area contributed by atoms with Crippen molar-refractivity contribution in [3.8, 4) is 28.1 Å². The van der Waals surface area contributed by atoms with E-state index in [2.05, 4.69) is 222 Å². The Kier molecular flexibility index (Phi) is 11.1. The fraction of sp³-hybridized carbons (Fsp3) is 0.339. The van der Waals surface area contributed by atoms with Gasteiger partial charge in [0.25, 0.3) is 0 Å². The van der Waals surface area contributed by atoms with Gasteiger partial charge in [0, 0.05) is 17.0 Å². The number of hydrogen-bond donors (Lipinski definition) is 1. The molecular weight excluding hydrogens is 717 g/mol. The highest BCUT2D eigenvalue weighted by atomic mass is 16.5. The van der Waals surface area contributed by atoms with Gasteiger partial charge < -0.3 is 9.72 Å². The fourth-order valence-corrected chi connectivity index (χ4v) is 8.19. The van der Waals surface area contributed by atoms with E-state index in [4.69, 9.17) is 9.73 Å². The lowest BCUT2D eigenvalue weighted by Gasteiger charge is -2.27. The number of nitrogens with zero attached hydrogens (tertiary/aromatic N) is 1. The van der Waals surface area contributed by atoms with Gasteiger partial charge in [0.2, 0.25) is 0 Å². The minimum atomic E-state index is -0.219. The maximum Gasteiger partial charge on any atom is 0.118 e. The molecular formula is C56H64N2O. The molecule has 2 heterocycles. The highest BCUT2D eigenvalue weighted by Gasteiger charge is 2.36. The van der Waals surface area contributed by atoms with Crippen LogP contribution in [0.4, 0.5) is 0 Å². The first kappa shape index (κ1) is 41.7. The number of hydrogen-bond acceptors (Lipinski definition) is 2. The van der Waals surface area contributed by atoms with E-state index in [1.807, 2.05) is 0 Å². The average molecular weight is 781 g/mol. The number of nitrogens with one attached hydrogen (secondary N) is 1. The second kappa shape index (κ2) is 15.6.